The van der Waals surface area contributed by atoms with E-state index in [2.05, 4.69) is 54.5 Å². The number of carbonyl (C=O) groups is 3. The van der Waals surface area contributed by atoms with Gasteiger partial charge in [-0.05, 0) is 98.7 Å². The Morgan fingerprint density at radius 3 is 2.27 bits per heavy atom. The third-order valence-corrected chi connectivity index (χ3v) is 13.8. The van der Waals surface area contributed by atoms with Crippen molar-refractivity contribution in [3.05, 3.63) is 23.3 Å². The number of hydrogen-bond donors (Lipinski definition) is 1. The molecule has 4 fully saturated rings. The molecule has 0 aromatic heterocycles. The molecule has 5 rings (SSSR count). The van der Waals surface area contributed by atoms with Crippen LogP contribution in [-0.4, -0.2) is 28.9 Å². The highest BCUT2D eigenvalue weighted by Gasteiger charge is 2.71. The van der Waals surface area contributed by atoms with Gasteiger partial charge in [-0.25, -0.2) is 4.79 Å². The summed E-state index contributed by atoms with van der Waals surface area (Å²) in [5.41, 5.74) is 0.279. The van der Waals surface area contributed by atoms with E-state index in [1.54, 1.807) is 13.0 Å². The Labute approximate surface area is 241 Å². The van der Waals surface area contributed by atoms with E-state index >= 15 is 0 Å². The normalized spacial score (nSPS) is 45.7. The maximum absolute atomic E-state index is 13.4. The first-order valence-electron chi connectivity index (χ1n) is 15.7. The lowest BCUT2D eigenvalue weighted by Crippen LogP contribution is -2.66. The van der Waals surface area contributed by atoms with Crippen LogP contribution in [0.2, 0.25) is 0 Å². The van der Waals surface area contributed by atoms with Crippen LogP contribution in [0.15, 0.2) is 23.3 Å². The molecule has 0 bridgehead atoms. The highest BCUT2D eigenvalue weighted by atomic mass is 16.5. The van der Waals surface area contributed by atoms with Crippen molar-refractivity contribution in [2.24, 2.45) is 50.2 Å². The number of carboxylic acids is 1. The zero-order chi connectivity index (χ0) is 29.7. The Morgan fingerprint density at radius 1 is 0.975 bits per heavy atom. The van der Waals surface area contributed by atoms with Crippen LogP contribution in [-0.2, 0) is 19.1 Å². The van der Waals surface area contributed by atoms with Gasteiger partial charge in [-0.2, -0.15) is 0 Å². The molecule has 0 amide bonds. The molecule has 0 aliphatic heterocycles. The number of rotatable bonds is 3. The molecule has 222 valence electrons. The summed E-state index contributed by atoms with van der Waals surface area (Å²) in [6.07, 6.45) is 10.9. The molecule has 8 atom stereocenters. The third kappa shape index (κ3) is 3.73. The number of hydrogen-bond acceptors (Lipinski definition) is 4. The Balaban J connectivity index is 1.60. The first-order valence-corrected chi connectivity index (χ1v) is 15.7. The summed E-state index contributed by atoms with van der Waals surface area (Å²) in [4.78, 5) is 39.4. The first kappa shape index (κ1) is 29.6. The number of esters is 1. The lowest BCUT2D eigenvalue weighted by molar-refractivity contribution is -0.206. The fourth-order valence-corrected chi connectivity index (χ4v) is 11.1. The number of carboxylic acid groups (broad SMARTS) is 1. The van der Waals surface area contributed by atoms with Crippen molar-refractivity contribution in [3.63, 3.8) is 0 Å². The molecule has 0 saturated heterocycles. The van der Waals surface area contributed by atoms with Crippen molar-refractivity contribution in [1.29, 1.82) is 0 Å². The topological polar surface area (TPSA) is 80.7 Å². The molecule has 0 heterocycles. The quantitative estimate of drug-likeness (QED) is 0.218. The number of ether oxygens (including phenoxy) is 1. The van der Waals surface area contributed by atoms with Gasteiger partial charge >= 0.3 is 11.9 Å². The monoisotopic (exact) mass is 552 g/mol. The third-order valence-electron chi connectivity index (χ3n) is 13.8. The summed E-state index contributed by atoms with van der Waals surface area (Å²) in [6, 6.07) is 0. The van der Waals surface area contributed by atoms with E-state index in [0.29, 0.717) is 42.5 Å². The minimum atomic E-state index is -1.10. The Kier molecular flexibility index (Phi) is 6.69. The Morgan fingerprint density at radius 2 is 1.65 bits per heavy atom. The molecule has 0 aromatic carbocycles. The largest absolute Gasteiger partial charge is 0.481 e. The van der Waals surface area contributed by atoms with E-state index < -0.39 is 23.5 Å². The first-order chi connectivity index (χ1) is 18.4. The molecule has 5 aliphatic carbocycles. The van der Waals surface area contributed by atoms with Crippen LogP contribution in [0.4, 0.5) is 0 Å². The second-order valence-corrected chi connectivity index (χ2v) is 16.3. The molecule has 0 aromatic rings. The van der Waals surface area contributed by atoms with Gasteiger partial charge in [0.25, 0.3) is 0 Å². The summed E-state index contributed by atoms with van der Waals surface area (Å²) in [6.45, 7) is 19.7. The van der Waals surface area contributed by atoms with Crippen LogP contribution in [0, 0.1) is 50.2 Å². The van der Waals surface area contributed by atoms with E-state index in [4.69, 9.17) is 4.74 Å². The number of allylic oxidation sites excluding steroid dienone is 3. The zero-order valence-electron chi connectivity index (χ0n) is 26.4. The molecule has 1 unspecified atom stereocenters. The molecule has 5 aliphatic rings. The molecule has 0 radical (unpaired) electrons. The second kappa shape index (κ2) is 9.04. The van der Waals surface area contributed by atoms with Gasteiger partial charge in [0.05, 0.1) is 0 Å². The Hall–Kier alpha value is -1.91. The van der Waals surface area contributed by atoms with Gasteiger partial charge in [0.15, 0.2) is 0 Å². The standard InChI is InChI=1S/C35H52O5/c1-10-21(2)28(37)40-27-20-30(3,4)19-23-22-11-12-25-32(7)15-14-26(36)31(5,6)24(32)13-16-34(25,9)33(22,8)17-18-35(23,27)29(38)39/h10-11,23-25,27H,12-20H2,1-9H3,(H,38,39)/b21-10-/t23-,24-,25+,27?,32-,33+,34+,35-/m0/s1. The van der Waals surface area contributed by atoms with Gasteiger partial charge in [0.2, 0.25) is 0 Å². The molecule has 5 heteroatoms. The summed E-state index contributed by atoms with van der Waals surface area (Å²) < 4.78 is 6.13. The molecule has 40 heavy (non-hydrogen) atoms. The predicted molar refractivity (Wildman–Crippen MR) is 156 cm³/mol. The fourth-order valence-electron chi connectivity index (χ4n) is 11.1. The fraction of sp³-hybridized carbons (Fsp3) is 0.800. The highest BCUT2D eigenvalue weighted by Crippen LogP contribution is 2.75. The number of fused-ring (bicyclic) bond motifs is 7. The maximum atomic E-state index is 13.4. The number of carbonyl (C=O) groups excluding carboxylic acids is 2. The van der Waals surface area contributed by atoms with Crippen LogP contribution in [0.25, 0.3) is 0 Å². The molecular formula is C35H52O5. The highest BCUT2D eigenvalue weighted by molar-refractivity contribution is 5.88. The maximum Gasteiger partial charge on any atom is 0.333 e. The van der Waals surface area contributed by atoms with Crippen molar-refractivity contribution in [3.8, 4) is 0 Å². The van der Waals surface area contributed by atoms with Crippen molar-refractivity contribution in [2.75, 3.05) is 0 Å². The average molecular weight is 553 g/mol. The van der Waals surface area contributed by atoms with E-state index in [1.807, 2.05) is 6.92 Å². The smallest absolute Gasteiger partial charge is 0.333 e. The van der Waals surface area contributed by atoms with E-state index in [0.717, 1.165) is 38.5 Å². The van der Waals surface area contributed by atoms with Gasteiger partial charge in [-0.1, -0.05) is 66.2 Å². The predicted octanol–water partition coefficient (Wildman–Crippen LogP) is 7.93. The molecule has 4 saturated carbocycles. The second-order valence-electron chi connectivity index (χ2n) is 16.3. The lowest BCUT2D eigenvalue weighted by Gasteiger charge is -2.70. The van der Waals surface area contributed by atoms with E-state index in [-0.39, 0.29) is 33.0 Å². The summed E-state index contributed by atoms with van der Waals surface area (Å²) in [5.74, 6) is -0.125. The Bertz CT molecular complexity index is 1190. The van der Waals surface area contributed by atoms with Crippen molar-refractivity contribution < 1.29 is 24.2 Å². The van der Waals surface area contributed by atoms with Crippen LogP contribution in [0.5, 0.6) is 0 Å². The minimum absolute atomic E-state index is 0.0266. The van der Waals surface area contributed by atoms with Crippen molar-refractivity contribution in [2.45, 2.75) is 126 Å². The van der Waals surface area contributed by atoms with Gasteiger partial charge < -0.3 is 9.84 Å². The summed E-state index contributed by atoms with van der Waals surface area (Å²) >= 11 is 0. The van der Waals surface area contributed by atoms with Gasteiger partial charge in [-0.3, -0.25) is 9.59 Å². The minimum Gasteiger partial charge on any atom is -0.481 e. The van der Waals surface area contributed by atoms with Crippen molar-refractivity contribution >= 4 is 17.7 Å². The summed E-state index contributed by atoms with van der Waals surface area (Å²) in [5, 5.41) is 11.0. The SMILES string of the molecule is C/C=C(/C)C(=O)OC1CC(C)(C)C[C@H]2C3=CC[C@@H]4[C@@]5(C)CCC(=O)C(C)(C)[C@@H]5CC[C@@]4(C)[C@]3(C)CC[C@@]12C(=O)O. The molecular weight excluding hydrogens is 500 g/mol. The van der Waals surface area contributed by atoms with E-state index in [9.17, 15) is 19.5 Å². The average Bonchev–Trinajstić information content (AvgIpc) is 2.85. The number of ketones is 1. The lowest BCUT2D eigenvalue weighted by atomic mass is 9.33. The van der Waals surface area contributed by atoms with Gasteiger partial charge in [0.1, 0.15) is 17.3 Å². The van der Waals surface area contributed by atoms with Crippen LogP contribution in [0.3, 0.4) is 0 Å². The van der Waals surface area contributed by atoms with Crippen LogP contribution in [0.1, 0.15) is 120 Å². The van der Waals surface area contributed by atoms with Crippen LogP contribution >= 0.6 is 0 Å². The number of Topliss-reactive ketones (excluding diaryl/α,β-unsaturated/α-hetero) is 1. The van der Waals surface area contributed by atoms with E-state index in [1.165, 1.54) is 5.57 Å². The van der Waals surface area contributed by atoms with Gasteiger partial charge in [-0.15, -0.1) is 0 Å². The molecule has 1 N–H and O–H groups in total. The summed E-state index contributed by atoms with van der Waals surface area (Å²) in [7, 11) is 0. The van der Waals surface area contributed by atoms with Crippen molar-refractivity contribution in [1.82, 2.24) is 0 Å². The van der Waals surface area contributed by atoms with Gasteiger partial charge in [0, 0.05) is 23.3 Å². The van der Waals surface area contributed by atoms with Crippen LogP contribution < -0.4 is 0 Å². The number of aliphatic carboxylic acids is 1. The molecule has 0 spiro atoms. The zero-order valence-corrected chi connectivity index (χ0v) is 26.4. The molecule has 5 nitrogen and oxygen atoms in total.